The Hall–Kier alpha value is -1.74. The molecule has 3 N–H and O–H groups in total. The Labute approximate surface area is 184 Å². The zero-order valence-electron chi connectivity index (χ0n) is 15.0. The number of rotatable bonds is 5. The molecule has 0 radical (unpaired) electrons. The number of hydrogen-bond donors (Lipinski definition) is 2. The zero-order chi connectivity index (χ0) is 20.4. The van der Waals surface area contributed by atoms with Crippen LogP contribution in [0.2, 0.25) is 10.0 Å². The molecule has 146 valence electrons. The van der Waals surface area contributed by atoms with E-state index in [1.54, 1.807) is 18.2 Å². The van der Waals surface area contributed by atoms with Crippen molar-refractivity contribution in [3.63, 3.8) is 0 Å². The van der Waals surface area contributed by atoms with Gasteiger partial charge in [0, 0.05) is 20.7 Å². The lowest BCUT2D eigenvalue weighted by atomic mass is 10.1. The highest BCUT2D eigenvalue weighted by Gasteiger charge is 2.17. The maximum absolute atomic E-state index is 12.4. The number of aryl methyl sites for hydroxylation is 2. The van der Waals surface area contributed by atoms with E-state index in [1.165, 1.54) is 16.4 Å². The van der Waals surface area contributed by atoms with Crippen LogP contribution in [0.4, 0.5) is 5.69 Å². The quantitative estimate of drug-likeness (QED) is 0.377. The highest BCUT2D eigenvalue weighted by atomic mass is 79.9. The topological polar surface area (TPSA) is 85.8 Å². The van der Waals surface area contributed by atoms with E-state index in [1.807, 2.05) is 26.0 Å². The van der Waals surface area contributed by atoms with E-state index in [2.05, 4.69) is 31.4 Å². The van der Waals surface area contributed by atoms with Gasteiger partial charge in [0.15, 0.2) is 5.82 Å². The van der Waals surface area contributed by atoms with Gasteiger partial charge >= 0.3 is 0 Å². The standard InChI is InChI=1S/C18H16BrCl2N5OS/c1-9-5-11(19)6-10(2)16(9)23-15(27)8-28-18-25-24-17(26(18)22)13-4-3-12(20)7-14(13)21/h3-7H,8,22H2,1-2H3,(H,23,27). The fraction of sp³-hybridized carbons (Fsp3) is 0.167. The van der Waals surface area contributed by atoms with E-state index in [-0.39, 0.29) is 11.7 Å². The van der Waals surface area contributed by atoms with Crippen LogP contribution in [0, 0.1) is 13.8 Å². The van der Waals surface area contributed by atoms with Crippen molar-refractivity contribution in [1.29, 1.82) is 0 Å². The van der Waals surface area contributed by atoms with Crippen molar-refractivity contribution >= 4 is 62.5 Å². The van der Waals surface area contributed by atoms with Crippen LogP contribution in [0.1, 0.15) is 11.1 Å². The van der Waals surface area contributed by atoms with Gasteiger partial charge in [0.2, 0.25) is 11.1 Å². The first-order valence-electron chi connectivity index (χ1n) is 8.11. The molecule has 6 nitrogen and oxygen atoms in total. The molecule has 0 saturated heterocycles. The third kappa shape index (κ3) is 4.63. The first kappa shape index (κ1) is 21.0. The van der Waals surface area contributed by atoms with Crippen molar-refractivity contribution in [3.8, 4) is 11.4 Å². The van der Waals surface area contributed by atoms with E-state index >= 15 is 0 Å². The minimum atomic E-state index is -0.160. The average Bonchev–Trinajstić information content (AvgIpc) is 2.97. The molecule has 3 aromatic rings. The number of nitrogen functional groups attached to an aromatic ring is 1. The molecule has 0 bridgehead atoms. The lowest BCUT2D eigenvalue weighted by Gasteiger charge is -2.12. The summed E-state index contributed by atoms with van der Waals surface area (Å²) in [5.41, 5.74) is 3.37. The van der Waals surface area contributed by atoms with Gasteiger partial charge < -0.3 is 11.2 Å². The molecule has 10 heteroatoms. The summed E-state index contributed by atoms with van der Waals surface area (Å²) in [6.07, 6.45) is 0. The second-order valence-electron chi connectivity index (χ2n) is 6.05. The molecule has 3 rings (SSSR count). The maximum Gasteiger partial charge on any atom is 0.234 e. The molecule has 0 atom stereocenters. The number of anilines is 1. The molecule has 1 aromatic heterocycles. The molecule has 0 saturated carbocycles. The summed E-state index contributed by atoms with van der Waals surface area (Å²) >= 11 is 16.8. The van der Waals surface area contributed by atoms with Crippen LogP contribution in [-0.4, -0.2) is 26.5 Å². The van der Waals surface area contributed by atoms with Crippen LogP contribution in [0.3, 0.4) is 0 Å². The summed E-state index contributed by atoms with van der Waals surface area (Å²) in [4.78, 5) is 12.4. The monoisotopic (exact) mass is 499 g/mol. The Kier molecular flexibility index (Phi) is 6.54. The van der Waals surface area contributed by atoms with Gasteiger partial charge in [-0.2, -0.15) is 0 Å². The number of thioether (sulfide) groups is 1. The summed E-state index contributed by atoms with van der Waals surface area (Å²) in [6, 6.07) is 8.93. The Morgan fingerprint density at radius 2 is 1.89 bits per heavy atom. The van der Waals surface area contributed by atoms with Gasteiger partial charge in [0.25, 0.3) is 0 Å². The van der Waals surface area contributed by atoms with Crippen LogP contribution < -0.4 is 11.2 Å². The van der Waals surface area contributed by atoms with Gasteiger partial charge in [-0.05, 0) is 55.3 Å². The number of nitrogens with two attached hydrogens (primary N) is 1. The number of amides is 1. The average molecular weight is 501 g/mol. The predicted molar refractivity (Wildman–Crippen MR) is 119 cm³/mol. The Morgan fingerprint density at radius 1 is 1.21 bits per heavy atom. The molecule has 28 heavy (non-hydrogen) atoms. The van der Waals surface area contributed by atoms with Crippen molar-refractivity contribution in [2.24, 2.45) is 0 Å². The summed E-state index contributed by atoms with van der Waals surface area (Å²) < 4.78 is 2.28. The van der Waals surface area contributed by atoms with E-state index in [0.29, 0.717) is 26.6 Å². The van der Waals surface area contributed by atoms with Crippen molar-refractivity contribution in [1.82, 2.24) is 14.9 Å². The molecule has 0 aliphatic carbocycles. The SMILES string of the molecule is Cc1cc(Br)cc(C)c1NC(=O)CSc1nnc(-c2ccc(Cl)cc2Cl)n1N. The third-order valence-electron chi connectivity index (χ3n) is 3.93. The van der Waals surface area contributed by atoms with Crippen LogP contribution in [-0.2, 0) is 4.79 Å². The van der Waals surface area contributed by atoms with Gasteiger partial charge in [0.05, 0.1) is 10.8 Å². The number of carbonyl (C=O) groups excluding carboxylic acids is 1. The van der Waals surface area contributed by atoms with Crippen LogP contribution in [0.25, 0.3) is 11.4 Å². The number of nitrogens with zero attached hydrogens (tertiary/aromatic N) is 3. The number of halogens is 3. The van der Waals surface area contributed by atoms with Crippen molar-refractivity contribution in [2.45, 2.75) is 19.0 Å². The molecule has 0 fully saturated rings. The van der Waals surface area contributed by atoms with Gasteiger partial charge in [-0.1, -0.05) is 50.9 Å². The van der Waals surface area contributed by atoms with E-state index in [0.717, 1.165) is 21.3 Å². The van der Waals surface area contributed by atoms with Gasteiger partial charge in [-0.15, -0.1) is 10.2 Å². The Morgan fingerprint density at radius 3 is 2.54 bits per heavy atom. The number of aromatic nitrogens is 3. The predicted octanol–water partition coefficient (Wildman–Crippen LogP) is 5.08. The third-order valence-corrected chi connectivity index (χ3v) is 5.88. The highest BCUT2D eigenvalue weighted by molar-refractivity contribution is 9.10. The van der Waals surface area contributed by atoms with Gasteiger partial charge in [0.1, 0.15) is 0 Å². The van der Waals surface area contributed by atoms with Crippen molar-refractivity contribution < 1.29 is 4.79 Å². The first-order chi connectivity index (χ1) is 13.3. The Balaban J connectivity index is 1.70. The van der Waals surface area contributed by atoms with Crippen molar-refractivity contribution in [2.75, 3.05) is 16.9 Å². The van der Waals surface area contributed by atoms with E-state index < -0.39 is 0 Å². The maximum atomic E-state index is 12.4. The molecule has 2 aromatic carbocycles. The fourth-order valence-electron chi connectivity index (χ4n) is 2.64. The molecular formula is C18H16BrCl2N5OS. The van der Waals surface area contributed by atoms with Gasteiger partial charge in [-0.3, -0.25) is 4.79 Å². The second-order valence-corrected chi connectivity index (χ2v) is 8.75. The van der Waals surface area contributed by atoms with Gasteiger partial charge in [-0.25, -0.2) is 4.68 Å². The number of carbonyl (C=O) groups is 1. The molecule has 0 unspecified atom stereocenters. The minimum Gasteiger partial charge on any atom is -0.335 e. The molecule has 0 aliphatic heterocycles. The molecule has 1 amide bonds. The summed E-state index contributed by atoms with van der Waals surface area (Å²) in [5, 5.41) is 12.4. The largest absolute Gasteiger partial charge is 0.335 e. The number of benzene rings is 2. The smallest absolute Gasteiger partial charge is 0.234 e. The van der Waals surface area contributed by atoms with Crippen LogP contribution >= 0.6 is 50.9 Å². The van der Waals surface area contributed by atoms with Crippen molar-refractivity contribution in [3.05, 3.63) is 56.0 Å². The lowest BCUT2D eigenvalue weighted by molar-refractivity contribution is -0.113. The molecule has 0 spiro atoms. The number of nitrogens with one attached hydrogen (secondary N) is 1. The highest BCUT2D eigenvalue weighted by Crippen LogP contribution is 2.30. The minimum absolute atomic E-state index is 0.138. The molecular weight excluding hydrogens is 485 g/mol. The number of hydrogen-bond acceptors (Lipinski definition) is 5. The normalized spacial score (nSPS) is 10.9. The lowest BCUT2D eigenvalue weighted by Crippen LogP contribution is -2.17. The van der Waals surface area contributed by atoms with Crippen LogP contribution in [0.15, 0.2) is 40.0 Å². The fourth-order valence-corrected chi connectivity index (χ4v) is 4.48. The second kappa shape index (κ2) is 8.73. The van der Waals surface area contributed by atoms with E-state index in [4.69, 9.17) is 29.0 Å². The molecule has 1 heterocycles. The Bertz CT molecular complexity index is 1030. The van der Waals surface area contributed by atoms with Crippen LogP contribution in [0.5, 0.6) is 0 Å². The first-order valence-corrected chi connectivity index (χ1v) is 10.6. The summed E-state index contributed by atoms with van der Waals surface area (Å²) in [7, 11) is 0. The van der Waals surface area contributed by atoms with E-state index in [9.17, 15) is 4.79 Å². The molecule has 0 aliphatic rings. The zero-order valence-corrected chi connectivity index (χ0v) is 18.9. The summed E-state index contributed by atoms with van der Waals surface area (Å²) in [6.45, 7) is 3.89. The summed E-state index contributed by atoms with van der Waals surface area (Å²) in [5.74, 6) is 6.46.